The number of benzene rings is 1. The molecule has 0 saturated carbocycles. The largest absolute Gasteiger partial charge is 0.493 e. The number of methoxy groups -OCH3 is 3. The number of nitrogens with zero attached hydrogens (tertiary/aromatic N) is 2. The summed E-state index contributed by atoms with van der Waals surface area (Å²) in [5.74, 6) is 8.30. The predicted octanol–water partition coefficient (Wildman–Crippen LogP) is 2.88. The van der Waals surface area contributed by atoms with Gasteiger partial charge in [-0.2, -0.15) is 0 Å². The van der Waals surface area contributed by atoms with Crippen molar-refractivity contribution in [3.8, 4) is 40.5 Å². The van der Waals surface area contributed by atoms with Crippen molar-refractivity contribution in [1.29, 1.82) is 0 Å². The summed E-state index contributed by atoms with van der Waals surface area (Å²) < 4.78 is 21.5. The summed E-state index contributed by atoms with van der Waals surface area (Å²) in [6, 6.07) is 3.52. The van der Waals surface area contributed by atoms with Crippen LogP contribution < -0.4 is 14.2 Å². The molecule has 0 fully saturated rings. The summed E-state index contributed by atoms with van der Waals surface area (Å²) in [4.78, 5) is 0. The Labute approximate surface area is 133 Å². The molecule has 7 heteroatoms. The lowest BCUT2D eigenvalue weighted by Crippen LogP contribution is -1.95. The monoisotopic (exact) mass is 320 g/mol. The number of aromatic nitrogens is 2. The van der Waals surface area contributed by atoms with Crippen LogP contribution in [0.15, 0.2) is 21.8 Å². The molecule has 6 nitrogen and oxygen atoms in total. The number of ether oxygens (including phenoxy) is 3. The highest BCUT2D eigenvalue weighted by Crippen LogP contribution is 2.41. The van der Waals surface area contributed by atoms with Gasteiger partial charge in [0.25, 0.3) is 5.22 Å². The van der Waals surface area contributed by atoms with Gasteiger partial charge in [-0.05, 0) is 19.1 Å². The minimum absolute atomic E-state index is 0.381. The van der Waals surface area contributed by atoms with Crippen LogP contribution in [0.1, 0.15) is 6.92 Å². The molecular weight excluding hydrogens is 304 g/mol. The number of hydrogen-bond donors (Lipinski definition) is 0. The highest BCUT2D eigenvalue weighted by molar-refractivity contribution is 7.99. The quantitative estimate of drug-likeness (QED) is 0.599. The predicted molar refractivity (Wildman–Crippen MR) is 83.6 cm³/mol. The molecule has 0 spiro atoms. The molecule has 0 aliphatic rings. The first-order valence-electron chi connectivity index (χ1n) is 6.39. The molecule has 2 rings (SSSR count). The maximum Gasteiger partial charge on any atom is 0.277 e. The van der Waals surface area contributed by atoms with Gasteiger partial charge in [-0.25, -0.2) is 0 Å². The van der Waals surface area contributed by atoms with E-state index in [2.05, 4.69) is 22.0 Å². The molecule has 1 heterocycles. The van der Waals surface area contributed by atoms with Crippen molar-refractivity contribution < 1.29 is 18.6 Å². The van der Waals surface area contributed by atoms with Crippen LogP contribution in [0.25, 0.3) is 11.5 Å². The smallest absolute Gasteiger partial charge is 0.277 e. The van der Waals surface area contributed by atoms with Crippen LogP contribution in [0.2, 0.25) is 0 Å². The van der Waals surface area contributed by atoms with Crippen LogP contribution in [0.4, 0.5) is 0 Å². The van der Waals surface area contributed by atoms with Crippen molar-refractivity contribution in [2.24, 2.45) is 0 Å². The topological polar surface area (TPSA) is 66.6 Å². The number of thioether (sulfide) groups is 1. The van der Waals surface area contributed by atoms with E-state index in [1.54, 1.807) is 40.4 Å². The molecule has 0 atom stereocenters. The zero-order valence-corrected chi connectivity index (χ0v) is 13.6. The van der Waals surface area contributed by atoms with E-state index in [-0.39, 0.29) is 0 Å². The standard InChI is InChI=1S/C15H16N2O4S/c1-5-6-7-22-15-17-16-14(21-15)10-8-11(18-2)13(20-4)12(9-10)19-3/h8-9H,7H2,1-4H3. The number of rotatable bonds is 6. The van der Waals surface area contributed by atoms with Gasteiger partial charge in [0.05, 0.1) is 27.1 Å². The van der Waals surface area contributed by atoms with Gasteiger partial charge in [-0.15, -0.1) is 16.1 Å². The highest BCUT2D eigenvalue weighted by atomic mass is 32.2. The van der Waals surface area contributed by atoms with Crippen molar-refractivity contribution >= 4 is 11.8 Å². The first-order valence-corrected chi connectivity index (χ1v) is 7.38. The molecule has 0 saturated heterocycles. The Balaban J connectivity index is 2.33. The van der Waals surface area contributed by atoms with Gasteiger partial charge in [0.15, 0.2) is 11.5 Å². The van der Waals surface area contributed by atoms with E-state index in [9.17, 15) is 0 Å². The fourth-order valence-corrected chi connectivity index (χ4v) is 2.34. The molecule has 1 aromatic heterocycles. The van der Waals surface area contributed by atoms with Gasteiger partial charge in [0.2, 0.25) is 11.6 Å². The van der Waals surface area contributed by atoms with E-state index in [4.69, 9.17) is 18.6 Å². The molecule has 0 bridgehead atoms. The first-order chi connectivity index (χ1) is 10.7. The Hall–Kier alpha value is -2.33. The molecule has 0 aliphatic carbocycles. The lowest BCUT2D eigenvalue weighted by atomic mass is 10.2. The van der Waals surface area contributed by atoms with Crippen LogP contribution in [0, 0.1) is 11.8 Å². The SMILES string of the molecule is CC#CCSc1nnc(-c2cc(OC)c(OC)c(OC)c2)o1. The summed E-state index contributed by atoms with van der Waals surface area (Å²) in [5, 5.41) is 8.48. The van der Waals surface area contributed by atoms with E-state index >= 15 is 0 Å². The zero-order valence-electron chi connectivity index (χ0n) is 12.8. The second-order valence-electron chi connectivity index (χ2n) is 4.00. The first kappa shape index (κ1) is 16.0. The average Bonchev–Trinajstić information content (AvgIpc) is 3.02. The van der Waals surface area contributed by atoms with Crippen LogP contribution in [-0.4, -0.2) is 37.3 Å². The molecule has 116 valence electrons. The van der Waals surface area contributed by atoms with E-state index in [1.165, 1.54) is 11.8 Å². The van der Waals surface area contributed by atoms with Crippen LogP contribution >= 0.6 is 11.8 Å². The van der Waals surface area contributed by atoms with E-state index in [1.807, 2.05) is 0 Å². The Morgan fingerprint density at radius 3 is 2.32 bits per heavy atom. The maximum absolute atomic E-state index is 5.61. The van der Waals surface area contributed by atoms with E-state index in [0.717, 1.165) is 0 Å². The summed E-state index contributed by atoms with van der Waals surface area (Å²) in [6.45, 7) is 1.79. The minimum atomic E-state index is 0.381. The second-order valence-corrected chi connectivity index (χ2v) is 4.93. The fourth-order valence-electron chi connectivity index (χ4n) is 1.76. The third kappa shape index (κ3) is 3.46. The van der Waals surface area contributed by atoms with Crippen LogP contribution in [0.5, 0.6) is 17.2 Å². The van der Waals surface area contributed by atoms with Gasteiger partial charge >= 0.3 is 0 Å². The molecular formula is C15H16N2O4S. The van der Waals surface area contributed by atoms with Gasteiger partial charge in [-0.3, -0.25) is 0 Å². The number of hydrogen-bond acceptors (Lipinski definition) is 7. The zero-order chi connectivity index (χ0) is 15.9. The van der Waals surface area contributed by atoms with Crippen LogP contribution in [-0.2, 0) is 0 Å². The van der Waals surface area contributed by atoms with Crippen molar-refractivity contribution in [3.05, 3.63) is 12.1 Å². The average molecular weight is 320 g/mol. The summed E-state index contributed by atoms with van der Waals surface area (Å²) in [7, 11) is 4.66. The van der Waals surface area contributed by atoms with E-state index in [0.29, 0.717) is 39.7 Å². The summed E-state index contributed by atoms with van der Waals surface area (Å²) in [5.41, 5.74) is 0.690. The van der Waals surface area contributed by atoms with Gasteiger partial charge < -0.3 is 18.6 Å². The van der Waals surface area contributed by atoms with Crippen molar-refractivity contribution in [2.45, 2.75) is 12.1 Å². The van der Waals surface area contributed by atoms with Gasteiger partial charge in [0.1, 0.15) is 0 Å². The molecule has 2 aromatic rings. The molecule has 22 heavy (non-hydrogen) atoms. The molecule has 0 unspecified atom stereocenters. The van der Waals surface area contributed by atoms with E-state index < -0.39 is 0 Å². The van der Waals surface area contributed by atoms with Crippen LogP contribution in [0.3, 0.4) is 0 Å². The molecule has 0 radical (unpaired) electrons. The van der Waals surface area contributed by atoms with Crippen molar-refractivity contribution in [3.63, 3.8) is 0 Å². The normalized spacial score (nSPS) is 9.82. The molecule has 0 amide bonds. The third-order valence-electron chi connectivity index (χ3n) is 2.76. The molecule has 1 aromatic carbocycles. The Morgan fingerprint density at radius 1 is 1.09 bits per heavy atom. The lowest BCUT2D eigenvalue weighted by Gasteiger charge is -2.12. The van der Waals surface area contributed by atoms with Crippen molar-refractivity contribution in [1.82, 2.24) is 10.2 Å². The highest BCUT2D eigenvalue weighted by Gasteiger charge is 2.17. The fraction of sp³-hybridized carbons (Fsp3) is 0.333. The molecule has 0 aliphatic heterocycles. The Bertz CT molecular complexity index is 678. The summed E-state index contributed by atoms with van der Waals surface area (Å²) >= 11 is 1.39. The minimum Gasteiger partial charge on any atom is -0.493 e. The van der Waals surface area contributed by atoms with Crippen molar-refractivity contribution in [2.75, 3.05) is 27.1 Å². The Morgan fingerprint density at radius 2 is 1.77 bits per heavy atom. The third-order valence-corrected chi connectivity index (χ3v) is 3.46. The second kappa shape index (κ2) is 7.61. The Kier molecular flexibility index (Phi) is 5.55. The van der Waals surface area contributed by atoms with Gasteiger partial charge in [0, 0.05) is 5.56 Å². The summed E-state index contributed by atoms with van der Waals surface area (Å²) in [6.07, 6.45) is 0. The maximum atomic E-state index is 5.61. The van der Waals surface area contributed by atoms with Gasteiger partial charge in [-0.1, -0.05) is 17.7 Å². The molecule has 0 N–H and O–H groups in total. The lowest BCUT2D eigenvalue weighted by molar-refractivity contribution is 0.324.